The van der Waals surface area contributed by atoms with Crippen LogP contribution in [0.5, 0.6) is 0 Å². The number of nitrogens with one attached hydrogen (secondary N) is 1. The van der Waals surface area contributed by atoms with Crippen molar-refractivity contribution in [2.45, 2.75) is 25.7 Å². The van der Waals surface area contributed by atoms with Crippen molar-refractivity contribution >= 4 is 46.4 Å². The number of amides is 1. The quantitative estimate of drug-likeness (QED) is 0.467. The first kappa shape index (κ1) is 22.6. The van der Waals surface area contributed by atoms with Crippen molar-refractivity contribution in [3.8, 4) is 17.3 Å². The normalized spacial score (nSPS) is 14.2. The third-order valence-electron chi connectivity index (χ3n) is 5.40. The number of halogens is 3. The molecule has 32 heavy (non-hydrogen) atoms. The zero-order valence-corrected chi connectivity index (χ0v) is 19.4. The van der Waals surface area contributed by atoms with Crippen molar-refractivity contribution in [3.05, 3.63) is 68.8 Å². The standard InChI is InChI=1S/C23H20Cl3N5O/c24-16-6-4-15(5-7-16)21-18(10-11-27)22(29-28-21)23(32)31(30-12-2-1-3-13-30)20-9-8-17(25)14-19(20)26/h4-9,14H,1-3,10,12-13H2,(H,28,29). The Labute approximate surface area is 201 Å². The van der Waals surface area contributed by atoms with Gasteiger partial charge in [0.15, 0.2) is 0 Å². The third kappa shape index (κ3) is 4.62. The van der Waals surface area contributed by atoms with E-state index >= 15 is 0 Å². The van der Waals surface area contributed by atoms with Crippen LogP contribution in [0.2, 0.25) is 15.1 Å². The summed E-state index contributed by atoms with van der Waals surface area (Å²) in [6, 6.07) is 14.3. The van der Waals surface area contributed by atoms with E-state index in [0.717, 1.165) is 37.9 Å². The summed E-state index contributed by atoms with van der Waals surface area (Å²) in [5.41, 5.74) is 2.64. The number of aromatic nitrogens is 2. The highest BCUT2D eigenvalue weighted by molar-refractivity contribution is 6.37. The average Bonchev–Trinajstić information content (AvgIpc) is 3.20. The summed E-state index contributed by atoms with van der Waals surface area (Å²) in [6.45, 7) is 1.44. The Morgan fingerprint density at radius 2 is 1.75 bits per heavy atom. The molecular formula is C23H20Cl3N5O. The predicted octanol–water partition coefficient (Wildman–Crippen LogP) is 6.15. The van der Waals surface area contributed by atoms with E-state index in [1.54, 1.807) is 35.3 Å². The summed E-state index contributed by atoms with van der Waals surface area (Å²) < 4.78 is 0. The van der Waals surface area contributed by atoms with Gasteiger partial charge < -0.3 is 0 Å². The Balaban J connectivity index is 1.80. The molecule has 3 aromatic rings. The maximum Gasteiger partial charge on any atom is 0.291 e. The lowest BCUT2D eigenvalue weighted by molar-refractivity contribution is 0.0867. The highest BCUT2D eigenvalue weighted by atomic mass is 35.5. The number of anilines is 1. The first-order valence-corrected chi connectivity index (χ1v) is 11.4. The van der Waals surface area contributed by atoms with Crippen LogP contribution in [-0.4, -0.2) is 34.2 Å². The fraction of sp³-hybridized carbons (Fsp3) is 0.261. The second-order valence-corrected chi connectivity index (χ2v) is 8.77. The number of piperidine rings is 1. The molecule has 0 unspecified atom stereocenters. The molecule has 2 aromatic carbocycles. The van der Waals surface area contributed by atoms with Crippen molar-refractivity contribution in [3.63, 3.8) is 0 Å². The number of hydrogen-bond acceptors (Lipinski definition) is 4. The average molecular weight is 489 g/mol. The first-order valence-electron chi connectivity index (χ1n) is 10.2. The Hall–Kier alpha value is -2.56. The Morgan fingerprint density at radius 1 is 1.06 bits per heavy atom. The molecule has 1 aliphatic heterocycles. The lowest BCUT2D eigenvalue weighted by Gasteiger charge is -2.37. The number of hydrazine groups is 1. The maximum atomic E-state index is 13.9. The molecule has 0 aliphatic carbocycles. The van der Waals surface area contributed by atoms with Crippen LogP contribution in [0.3, 0.4) is 0 Å². The number of aromatic amines is 1. The monoisotopic (exact) mass is 487 g/mol. The SMILES string of the molecule is N#CCc1c(-c2ccc(Cl)cc2)n[nH]c1C(=O)N(c1ccc(Cl)cc1Cl)N1CCCCC1. The smallest absolute Gasteiger partial charge is 0.272 e. The van der Waals surface area contributed by atoms with Crippen LogP contribution in [0.1, 0.15) is 35.3 Å². The maximum absolute atomic E-state index is 13.9. The molecule has 1 fully saturated rings. The zero-order chi connectivity index (χ0) is 22.7. The minimum Gasteiger partial charge on any atom is -0.272 e. The Kier molecular flexibility index (Phi) is 7.02. The van der Waals surface area contributed by atoms with Gasteiger partial charge in [-0.05, 0) is 43.2 Å². The van der Waals surface area contributed by atoms with Crippen molar-refractivity contribution < 1.29 is 4.79 Å². The molecule has 1 N–H and O–H groups in total. The van der Waals surface area contributed by atoms with Gasteiger partial charge in [-0.3, -0.25) is 9.89 Å². The fourth-order valence-corrected chi connectivity index (χ4v) is 4.48. The van der Waals surface area contributed by atoms with Crippen molar-refractivity contribution in [2.75, 3.05) is 18.1 Å². The molecule has 1 aliphatic rings. The van der Waals surface area contributed by atoms with Crippen LogP contribution in [-0.2, 0) is 6.42 Å². The van der Waals surface area contributed by atoms with Crippen LogP contribution < -0.4 is 5.01 Å². The molecule has 1 saturated heterocycles. The summed E-state index contributed by atoms with van der Waals surface area (Å²) in [7, 11) is 0. The van der Waals surface area contributed by atoms with Crippen molar-refractivity contribution in [2.24, 2.45) is 0 Å². The van der Waals surface area contributed by atoms with Crippen molar-refractivity contribution in [1.29, 1.82) is 5.26 Å². The second kappa shape index (κ2) is 9.93. The van der Waals surface area contributed by atoms with Gasteiger partial charge in [0.25, 0.3) is 5.91 Å². The molecule has 0 atom stereocenters. The molecule has 0 saturated carbocycles. The molecule has 4 rings (SSSR count). The summed E-state index contributed by atoms with van der Waals surface area (Å²) in [6.07, 6.45) is 3.08. The van der Waals surface area contributed by atoms with Gasteiger partial charge in [-0.2, -0.15) is 10.4 Å². The van der Waals surface area contributed by atoms with Crippen LogP contribution in [0.25, 0.3) is 11.3 Å². The van der Waals surface area contributed by atoms with E-state index in [4.69, 9.17) is 34.8 Å². The lowest BCUT2D eigenvalue weighted by Crippen LogP contribution is -2.49. The molecule has 0 spiro atoms. The van der Waals surface area contributed by atoms with Crippen LogP contribution in [0.15, 0.2) is 42.5 Å². The number of nitriles is 1. The minimum absolute atomic E-state index is 0.0255. The molecule has 0 radical (unpaired) electrons. The van der Waals surface area contributed by atoms with E-state index in [0.29, 0.717) is 32.0 Å². The molecule has 164 valence electrons. The van der Waals surface area contributed by atoms with E-state index < -0.39 is 0 Å². The number of H-pyrrole nitrogens is 1. The highest BCUT2D eigenvalue weighted by Gasteiger charge is 2.31. The number of rotatable bonds is 5. The summed E-state index contributed by atoms with van der Waals surface area (Å²) in [5, 5.41) is 21.7. The van der Waals surface area contributed by atoms with Crippen LogP contribution in [0.4, 0.5) is 5.69 Å². The molecule has 6 nitrogen and oxygen atoms in total. The molecule has 1 amide bonds. The Bertz CT molecular complexity index is 1160. The van der Waals surface area contributed by atoms with E-state index in [1.807, 2.05) is 17.1 Å². The number of carbonyl (C=O) groups is 1. The van der Waals surface area contributed by atoms with Crippen LogP contribution in [0, 0.1) is 11.3 Å². The van der Waals surface area contributed by atoms with Gasteiger partial charge in [0.1, 0.15) is 5.69 Å². The summed E-state index contributed by atoms with van der Waals surface area (Å²) >= 11 is 18.6. The zero-order valence-electron chi connectivity index (χ0n) is 17.1. The van der Waals surface area contributed by atoms with Gasteiger partial charge in [-0.1, -0.05) is 53.4 Å². The van der Waals surface area contributed by atoms with Gasteiger partial charge in [-0.25, -0.2) is 10.0 Å². The number of hydrogen-bond donors (Lipinski definition) is 1. The molecule has 0 bridgehead atoms. The molecular weight excluding hydrogens is 469 g/mol. The van der Waals surface area contributed by atoms with Gasteiger partial charge in [0.2, 0.25) is 0 Å². The number of nitrogens with zero attached hydrogens (tertiary/aromatic N) is 4. The van der Waals surface area contributed by atoms with Gasteiger partial charge in [0, 0.05) is 34.3 Å². The highest BCUT2D eigenvalue weighted by Crippen LogP contribution is 2.33. The third-order valence-corrected chi connectivity index (χ3v) is 6.19. The number of benzene rings is 2. The van der Waals surface area contributed by atoms with Gasteiger partial charge in [-0.15, -0.1) is 0 Å². The molecule has 2 heterocycles. The van der Waals surface area contributed by atoms with Crippen molar-refractivity contribution in [1.82, 2.24) is 15.2 Å². The van der Waals surface area contributed by atoms with E-state index in [-0.39, 0.29) is 18.0 Å². The van der Waals surface area contributed by atoms with E-state index in [1.165, 1.54) is 0 Å². The lowest BCUT2D eigenvalue weighted by atomic mass is 10.0. The second-order valence-electron chi connectivity index (χ2n) is 7.49. The predicted molar refractivity (Wildman–Crippen MR) is 127 cm³/mol. The van der Waals surface area contributed by atoms with Gasteiger partial charge >= 0.3 is 0 Å². The summed E-state index contributed by atoms with van der Waals surface area (Å²) in [4.78, 5) is 13.9. The van der Waals surface area contributed by atoms with Crippen LogP contribution >= 0.6 is 34.8 Å². The fourth-order valence-electron chi connectivity index (χ4n) is 3.87. The first-order chi connectivity index (χ1) is 15.5. The van der Waals surface area contributed by atoms with E-state index in [9.17, 15) is 10.1 Å². The largest absolute Gasteiger partial charge is 0.291 e. The van der Waals surface area contributed by atoms with E-state index in [2.05, 4.69) is 16.3 Å². The minimum atomic E-state index is -0.325. The molecule has 1 aromatic heterocycles. The number of carbonyl (C=O) groups excluding carboxylic acids is 1. The molecule has 9 heteroatoms. The van der Waals surface area contributed by atoms with Gasteiger partial charge in [0.05, 0.1) is 28.9 Å². The Morgan fingerprint density at radius 3 is 2.41 bits per heavy atom. The summed E-state index contributed by atoms with van der Waals surface area (Å²) in [5.74, 6) is -0.325. The topological polar surface area (TPSA) is 76.0 Å².